The topological polar surface area (TPSA) is 67.6 Å². The highest BCUT2D eigenvalue weighted by molar-refractivity contribution is 5.88. The SMILES string of the molecule is N#Cc1ccccc1N1CCN(Cc2c(F)ccc(C(=O)O)c2F)CC1. The molecule has 1 fully saturated rings. The number of anilines is 1. The molecule has 5 nitrogen and oxygen atoms in total. The molecule has 2 aromatic rings. The molecule has 0 atom stereocenters. The third kappa shape index (κ3) is 3.51. The van der Waals surface area contributed by atoms with Crippen LogP contribution in [0, 0.1) is 23.0 Å². The Balaban J connectivity index is 1.71. The number of para-hydroxylation sites is 1. The van der Waals surface area contributed by atoms with E-state index in [0.29, 0.717) is 31.7 Å². The van der Waals surface area contributed by atoms with Crippen molar-refractivity contribution in [3.8, 4) is 6.07 Å². The number of nitriles is 1. The summed E-state index contributed by atoms with van der Waals surface area (Å²) in [4.78, 5) is 15.0. The van der Waals surface area contributed by atoms with Crippen LogP contribution < -0.4 is 4.90 Å². The van der Waals surface area contributed by atoms with Crippen LogP contribution in [-0.2, 0) is 6.54 Å². The Morgan fingerprint density at radius 3 is 2.46 bits per heavy atom. The molecule has 7 heteroatoms. The van der Waals surface area contributed by atoms with Crippen LogP contribution in [0.5, 0.6) is 0 Å². The lowest BCUT2D eigenvalue weighted by molar-refractivity contribution is 0.0691. The normalized spacial score (nSPS) is 14.9. The van der Waals surface area contributed by atoms with Gasteiger partial charge in [-0.2, -0.15) is 5.26 Å². The van der Waals surface area contributed by atoms with Crippen molar-refractivity contribution in [3.63, 3.8) is 0 Å². The van der Waals surface area contributed by atoms with E-state index in [1.807, 2.05) is 17.0 Å². The van der Waals surface area contributed by atoms with Crippen molar-refractivity contribution in [2.45, 2.75) is 6.54 Å². The molecule has 0 bridgehead atoms. The zero-order valence-corrected chi connectivity index (χ0v) is 14.0. The lowest BCUT2D eigenvalue weighted by atomic mass is 10.1. The van der Waals surface area contributed by atoms with E-state index in [1.54, 1.807) is 12.1 Å². The summed E-state index contributed by atoms with van der Waals surface area (Å²) in [7, 11) is 0. The van der Waals surface area contributed by atoms with E-state index in [9.17, 15) is 18.8 Å². The maximum Gasteiger partial charge on any atom is 0.338 e. The first-order chi connectivity index (χ1) is 12.5. The Morgan fingerprint density at radius 1 is 1.12 bits per heavy atom. The van der Waals surface area contributed by atoms with Gasteiger partial charge in [0.1, 0.15) is 17.7 Å². The number of rotatable bonds is 4. The minimum atomic E-state index is -1.42. The van der Waals surface area contributed by atoms with Gasteiger partial charge in [0.25, 0.3) is 0 Å². The van der Waals surface area contributed by atoms with E-state index >= 15 is 0 Å². The molecule has 1 heterocycles. The van der Waals surface area contributed by atoms with Crippen molar-refractivity contribution in [3.05, 3.63) is 64.7 Å². The average Bonchev–Trinajstić information content (AvgIpc) is 2.65. The van der Waals surface area contributed by atoms with Gasteiger partial charge in [0.2, 0.25) is 0 Å². The highest BCUT2D eigenvalue weighted by atomic mass is 19.1. The zero-order valence-electron chi connectivity index (χ0n) is 14.0. The number of carboxylic acid groups (broad SMARTS) is 1. The van der Waals surface area contributed by atoms with Crippen LogP contribution in [0.1, 0.15) is 21.5 Å². The summed E-state index contributed by atoms with van der Waals surface area (Å²) >= 11 is 0. The van der Waals surface area contributed by atoms with Gasteiger partial charge in [0.15, 0.2) is 0 Å². The summed E-state index contributed by atoms with van der Waals surface area (Å²) < 4.78 is 28.3. The fourth-order valence-electron chi connectivity index (χ4n) is 3.12. The number of carboxylic acids is 1. The van der Waals surface area contributed by atoms with Gasteiger partial charge in [-0.3, -0.25) is 4.90 Å². The summed E-state index contributed by atoms with van der Waals surface area (Å²) in [5.74, 6) is -3.18. The maximum absolute atomic E-state index is 14.3. The van der Waals surface area contributed by atoms with Gasteiger partial charge in [-0.05, 0) is 24.3 Å². The molecule has 0 aromatic heterocycles. The molecule has 1 saturated heterocycles. The molecule has 0 amide bonds. The fourth-order valence-corrected chi connectivity index (χ4v) is 3.12. The van der Waals surface area contributed by atoms with Crippen LogP contribution in [0.3, 0.4) is 0 Å². The minimum Gasteiger partial charge on any atom is -0.478 e. The van der Waals surface area contributed by atoms with Gasteiger partial charge in [-0.1, -0.05) is 12.1 Å². The number of benzene rings is 2. The smallest absolute Gasteiger partial charge is 0.338 e. The molecule has 3 rings (SSSR count). The van der Waals surface area contributed by atoms with Gasteiger partial charge < -0.3 is 10.0 Å². The van der Waals surface area contributed by atoms with E-state index in [1.165, 1.54) is 0 Å². The highest BCUT2D eigenvalue weighted by Gasteiger charge is 2.23. The van der Waals surface area contributed by atoms with Gasteiger partial charge in [0, 0.05) is 38.3 Å². The van der Waals surface area contributed by atoms with Crippen molar-refractivity contribution in [1.82, 2.24) is 4.90 Å². The van der Waals surface area contributed by atoms with Crippen molar-refractivity contribution < 1.29 is 18.7 Å². The van der Waals surface area contributed by atoms with Crippen LogP contribution in [0.4, 0.5) is 14.5 Å². The Bertz CT molecular complexity index is 872. The number of piperazine rings is 1. The lowest BCUT2D eigenvalue weighted by Gasteiger charge is -2.36. The Labute approximate surface area is 149 Å². The van der Waals surface area contributed by atoms with Gasteiger partial charge in [0.05, 0.1) is 16.8 Å². The molecule has 0 unspecified atom stereocenters. The Morgan fingerprint density at radius 2 is 1.81 bits per heavy atom. The van der Waals surface area contributed by atoms with Crippen LogP contribution in [-0.4, -0.2) is 42.2 Å². The summed E-state index contributed by atoms with van der Waals surface area (Å²) in [5, 5.41) is 18.2. The van der Waals surface area contributed by atoms with Crippen molar-refractivity contribution >= 4 is 11.7 Å². The molecule has 0 saturated carbocycles. The monoisotopic (exact) mass is 357 g/mol. The summed E-state index contributed by atoms with van der Waals surface area (Å²) in [6.07, 6.45) is 0. The molecule has 1 aliphatic heterocycles. The maximum atomic E-state index is 14.3. The van der Waals surface area contributed by atoms with Crippen LogP contribution >= 0.6 is 0 Å². The highest BCUT2D eigenvalue weighted by Crippen LogP contribution is 2.23. The van der Waals surface area contributed by atoms with Crippen molar-refractivity contribution in [2.24, 2.45) is 0 Å². The number of aromatic carboxylic acids is 1. The molecule has 2 aromatic carbocycles. The lowest BCUT2D eigenvalue weighted by Crippen LogP contribution is -2.46. The fraction of sp³-hybridized carbons (Fsp3) is 0.263. The largest absolute Gasteiger partial charge is 0.478 e. The summed E-state index contributed by atoms with van der Waals surface area (Å²) in [6.45, 7) is 2.33. The Hall–Kier alpha value is -2.98. The van der Waals surface area contributed by atoms with Crippen LogP contribution in [0.25, 0.3) is 0 Å². The summed E-state index contributed by atoms with van der Waals surface area (Å²) in [5.41, 5.74) is 0.686. The second-order valence-electron chi connectivity index (χ2n) is 6.08. The first-order valence-electron chi connectivity index (χ1n) is 8.18. The van der Waals surface area contributed by atoms with Gasteiger partial charge >= 0.3 is 5.97 Å². The molecule has 1 N–H and O–H groups in total. The molecule has 0 radical (unpaired) electrons. The van der Waals surface area contributed by atoms with Crippen LogP contribution in [0.15, 0.2) is 36.4 Å². The second kappa shape index (κ2) is 7.50. The number of halogens is 2. The number of nitrogens with zero attached hydrogens (tertiary/aromatic N) is 3. The molecule has 0 aliphatic carbocycles. The van der Waals surface area contributed by atoms with E-state index < -0.39 is 23.2 Å². The molecule has 1 aliphatic rings. The number of carbonyl (C=O) groups is 1. The van der Waals surface area contributed by atoms with Gasteiger partial charge in [-0.15, -0.1) is 0 Å². The standard InChI is InChI=1S/C19H17F2N3O2/c20-16-6-5-14(19(25)26)18(21)15(16)12-23-7-9-24(10-8-23)17-4-2-1-3-13(17)11-22/h1-6H,7-10,12H2,(H,25,26). The third-order valence-corrected chi connectivity index (χ3v) is 4.54. The van der Waals surface area contributed by atoms with Gasteiger partial charge in [-0.25, -0.2) is 13.6 Å². The third-order valence-electron chi connectivity index (χ3n) is 4.54. The average molecular weight is 357 g/mol. The molecule has 0 spiro atoms. The zero-order chi connectivity index (χ0) is 18.7. The molecule has 26 heavy (non-hydrogen) atoms. The van der Waals surface area contributed by atoms with E-state index in [0.717, 1.165) is 17.8 Å². The summed E-state index contributed by atoms with van der Waals surface area (Å²) in [6, 6.07) is 11.4. The number of hydrogen-bond acceptors (Lipinski definition) is 4. The predicted molar refractivity (Wildman–Crippen MR) is 92.0 cm³/mol. The number of hydrogen-bond donors (Lipinski definition) is 1. The Kier molecular flexibility index (Phi) is 5.14. The van der Waals surface area contributed by atoms with E-state index in [4.69, 9.17) is 5.11 Å². The van der Waals surface area contributed by atoms with Crippen molar-refractivity contribution in [1.29, 1.82) is 5.26 Å². The van der Waals surface area contributed by atoms with E-state index in [2.05, 4.69) is 11.0 Å². The van der Waals surface area contributed by atoms with E-state index in [-0.39, 0.29) is 12.1 Å². The second-order valence-corrected chi connectivity index (χ2v) is 6.08. The first kappa shape index (κ1) is 17.8. The minimum absolute atomic E-state index is 0.00647. The molecular formula is C19H17F2N3O2. The first-order valence-corrected chi connectivity index (χ1v) is 8.18. The molecule has 134 valence electrons. The quantitative estimate of drug-likeness (QED) is 0.911. The van der Waals surface area contributed by atoms with Crippen molar-refractivity contribution in [2.75, 3.05) is 31.1 Å². The predicted octanol–water partition coefficient (Wildman–Crippen LogP) is 2.86. The van der Waals surface area contributed by atoms with Crippen LogP contribution in [0.2, 0.25) is 0 Å². The molecular weight excluding hydrogens is 340 g/mol.